The molecular weight excluding hydrogens is 397 g/mol. The molecule has 0 radical (unpaired) electrons. The van der Waals surface area contributed by atoms with Crippen LogP contribution in [-0.4, -0.2) is 29.7 Å². The minimum Gasteiger partial charge on any atom is -0.355 e. The van der Waals surface area contributed by atoms with Gasteiger partial charge in [-0.2, -0.15) is 23.4 Å². The minimum atomic E-state index is -4.72. The monoisotopic (exact) mass is 408 g/mol. The highest BCUT2D eigenvalue weighted by atomic mass is 35.5. The largest absolute Gasteiger partial charge is 0.435 e. The Morgan fingerprint density at radius 3 is 2.43 bits per heavy atom. The van der Waals surface area contributed by atoms with E-state index < -0.39 is 17.4 Å². The second kappa shape index (κ2) is 6.48. The van der Waals surface area contributed by atoms with Crippen molar-refractivity contribution in [2.24, 2.45) is 14.1 Å². The van der Waals surface area contributed by atoms with Crippen LogP contribution in [0.25, 0.3) is 34.1 Å². The molecule has 4 aromatic rings. The van der Waals surface area contributed by atoms with Crippen molar-refractivity contribution in [3.8, 4) is 34.1 Å². The molecule has 0 saturated carbocycles. The van der Waals surface area contributed by atoms with Crippen LogP contribution in [0.4, 0.5) is 13.2 Å². The summed E-state index contributed by atoms with van der Waals surface area (Å²) in [5, 5.41) is 11.2. The molecule has 0 N–H and O–H groups in total. The van der Waals surface area contributed by atoms with Crippen molar-refractivity contribution in [1.29, 1.82) is 0 Å². The summed E-state index contributed by atoms with van der Waals surface area (Å²) in [6, 6.07) is 9.18. The molecule has 0 fully saturated rings. The normalized spacial score (nSPS) is 11.9. The van der Waals surface area contributed by atoms with E-state index in [1.165, 1.54) is 17.9 Å². The van der Waals surface area contributed by atoms with Gasteiger partial charge in [-0.25, -0.2) is 9.67 Å². The molecule has 28 heavy (non-hydrogen) atoms. The van der Waals surface area contributed by atoms with Gasteiger partial charge < -0.3 is 4.52 Å². The Kier molecular flexibility index (Phi) is 4.22. The number of hydrogen-bond donors (Lipinski definition) is 0. The molecule has 4 rings (SSSR count). The van der Waals surface area contributed by atoms with Gasteiger partial charge in [0.05, 0.1) is 17.3 Å². The van der Waals surface area contributed by atoms with Gasteiger partial charge in [0.15, 0.2) is 23.1 Å². The van der Waals surface area contributed by atoms with E-state index >= 15 is 0 Å². The number of benzene rings is 1. The molecular formula is C17H12ClF3N6O. The number of alkyl halides is 3. The summed E-state index contributed by atoms with van der Waals surface area (Å²) in [5.41, 5.74) is -0.577. The van der Waals surface area contributed by atoms with Crippen LogP contribution in [0.3, 0.4) is 0 Å². The fourth-order valence-corrected chi connectivity index (χ4v) is 3.02. The SMILES string of the molecule is Cn1nc(-c2ccccc2)nc1-c1cnoc1-c1c(C(F)(F)F)nn(C)c1Cl. The van der Waals surface area contributed by atoms with E-state index in [2.05, 4.69) is 20.3 Å². The van der Waals surface area contributed by atoms with Gasteiger partial charge in [0.2, 0.25) is 0 Å². The van der Waals surface area contributed by atoms with Crippen molar-refractivity contribution < 1.29 is 17.7 Å². The van der Waals surface area contributed by atoms with Crippen molar-refractivity contribution in [1.82, 2.24) is 29.7 Å². The first-order valence-corrected chi connectivity index (χ1v) is 8.36. The number of hydrogen-bond acceptors (Lipinski definition) is 5. The molecule has 0 aliphatic heterocycles. The van der Waals surface area contributed by atoms with Crippen LogP contribution in [-0.2, 0) is 20.3 Å². The molecule has 0 amide bonds. The first kappa shape index (κ1) is 18.2. The number of aryl methyl sites for hydroxylation is 2. The quantitative estimate of drug-likeness (QED) is 0.507. The van der Waals surface area contributed by atoms with Crippen LogP contribution < -0.4 is 0 Å². The minimum absolute atomic E-state index is 0.180. The molecule has 11 heteroatoms. The van der Waals surface area contributed by atoms with Gasteiger partial charge in [0, 0.05) is 19.7 Å². The van der Waals surface area contributed by atoms with Gasteiger partial charge in [-0.3, -0.25) is 4.68 Å². The summed E-state index contributed by atoms with van der Waals surface area (Å²) in [4.78, 5) is 4.44. The summed E-state index contributed by atoms with van der Waals surface area (Å²) in [6.07, 6.45) is -3.45. The van der Waals surface area contributed by atoms with E-state index in [9.17, 15) is 13.2 Å². The topological polar surface area (TPSA) is 74.6 Å². The van der Waals surface area contributed by atoms with Crippen molar-refractivity contribution in [3.63, 3.8) is 0 Å². The van der Waals surface area contributed by atoms with Crippen LogP contribution >= 0.6 is 11.6 Å². The number of rotatable bonds is 3. The lowest BCUT2D eigenvalue weighted by atomic mass is 10.1. The lowest BCUT2D eigenvalue weighted by Gasteiger charge is -2.05. The maximum Gasteiger partial charge on any atom is 0.435 e. The average molecular weight is 409 g/mol. The molecule has 0 aliphatic carbocycles. The maximum atomic E-state index is 13.4. The average Bonchev–Trinajstić information content (AvgIpc) is 3.33. The summed E-state index contributed by atoms with van der Waals surface area (Å²) in [5.74, 6) is 0.516. The maximum absolute atomic E-state index is 13.4. The molecule has 1 aromatic carbocycles. The number of nitrogens with zero attached hydrogens (tertiary/aromatic N) is 6. The second-order valence-electron chi connectivity index (χ2n) is 5.95. The molecule has 0 atom stereocenters. The first-order valence-electron chi connectivity index (χ1n) is 7.99. The van der Waals surface area contributed by atoms with Crippen LogP contribution in [0, 0.1) is 0 Å². The zero-order valence-corrected chi connectivity index (χ0v) is 15.3. The van der Waals surface area contributed by atoms with Crippen LogP contribution in [0.1, 0.15) is 5.69 Å². The Morgan fingerprint density at radius 1 is 1.04 bits per heavy atom. The van der Waals surface area contributed by atoms with Crippen molar-refractivity contribution >= 4 is 11.6 Å². The Hall–Kier alpha value is -3.14. The molecule has 0 spiro atoms. The molecule has 3 heterocycles. The van der Waals surface area contributed by atoms with Crippen LogP contribution in [0.2, 0.25) is 5.15 Å². The van der Waals surface area contributed by atoms with Gasteiger partial charge in [-0.05, 0) is 0 Å². The van der Waals surface area contributed by atoms with E-state index in [1.54, 1.807) is 7.05 Å². The zero-order chi connectivity index (χ0) is 20.1. The summed E-state index contributed by atoms with van der Waals surface area (Å²) in [7, 11) is 2.94. The van der Waals surface area contributed by atoms with Crippen molar-refractivity contribution in [2.45, 2.75) is 6.18 Å². The number of halogens is 4. The highest BCUT2D eigenvalue weighted by Crippen LogP contribution is 2.43. The lowest BCUT2D eigenvalue weighted by Crippen LogP contribution is -2.08. The molecule has 0 bridgehead atoms. The molecule has 144 valence electrons. The van der Waals surface area contributed by atoms with Gasteiger partial charge >= 0.3 is 6.18 Å². The molecule has 0 unspecified atom stereocenters. The third-order valence-corrected chi connectivity index (χ3v) is 4.51. The van der Waals surface area contributed by atoms with E-state index in [-0.39, 0.29) is 22.3 Å². The van der Waals surface area contributed by atoms with E-state index in [0.717, 1.165) is 10.2 Å². The van der Waals surface area contributed by atoms with E-state index in [1.807, 2.05) is 30.3 Å². The van der Waals surface area contributed by atoms with Crippen LogP contribution in [0.5, 0.6) is 0 Å². The first-order chi connectivity index (χ1) is 13.3. The Bertz CT molecular complexity index is 1150. The standard InChI is InChI=1S/C17H12ClF3N6O/c1-26-14(18)11(13(24-26)17(19,20)21)12-10(8-22-28-12)16-23-15(25-27(16)2)9-6-4-3-5-7-9/h3-8H,1-2H3. The Labute approximate surface area is 161 Å². The summed E-state index contributed by atoms with van der Waals surface area (Å²) < 4.78 is 47.8. The highest BCUT2D eigenvalue weighted by molar-refractivity contribution is 6.32. The number of aromatic nitrogens is 6. The lowest BCUT2D eigenvalue weighted by molar-refractivity contribution is -0.141. The molecule has 0 aliphatic rings. The molecule has 0 saturated heterocycles. The van der Waals surface area contributed by atoms with E-state index in [0.29, 0.717) is 5.82 Å². The van der Waals surface area contributed by atoms with Gasteiger partial charge in [-0.15, -0.1) is 0 Å². The predicted octanol–water partition coefficient (Wildman–Crippen LogP) is 4.21. The van der Waals surface area contributed by atoms with Gasteiger partial charge in [-0.1, -0.05) is 47.1 Å². The fourth-order valence-electron chi connectivity index (χ4n) is 2.81. The molecule has 3 aromatic heterocycles. The van der Waals surface area contributed by atoms with E-state index in [4.69, 9.17) is 16.1 Å². The summed E-state index contributed by atoms with van der Waals surface area (Å²) >= 11 is 6.08. The smallest absolute Gasteiger partial charge is 0.355 e. The van der Waals surface area contributed by atoms with Gasteiger partial charge in [0.25, 0.3) is 0 Å². The third kappa shape index (κ3) is 2.95. The zero-order valence-electron chi connectivity index (χ0n) is 14.6. The van der Waals surface area contributed by atoms with Crippen molar-refractivity contribution in [3.05, 3.63) is 47.4 Å². The Balaban J connectivity index is 1.88. The molecule has 7 nitrogen and oxygen atoms in total. The fraction of sp³-hybridized carbons (Fsp3) is 0.176. The second-order valence-corrected chi connectivity index (χ2v) is 6.31. The van der Waals surface area contributed by atoms with Gasteiger partial charge in [0.1, 0.15) is 5.15 Å². The predicted molar refractivity (Wildman–Crippen MR) is 94.2 cm³/mol. The Morgan fingerprint density at radius 2 is 1.75 bits per heavy atom. The highest BCUT2D eigenvalue weighted by Gasteiger charge is 2.41. The summed E-state index contributed by atoms with van der Waals surface area (Å²) in [6.45, 7) is 0. The third-order valence-electron chi connectivity index (χ3n) is 4.08. The van der Waals surface area contributed by atoms with Crippen LogP contribution in [0.15, 0.2) is 41.1 Å². The van der Waals surface area contributed by atoms with Crippen molar-refractivity contribution in [2.75, 3.05) is 0 Å².